The molecule has 0 bridgehead atoms. The topological polar surface area (TPSA) is 56.8 Å². The van der Waals surface area contributed by atoms with Crippen LogP contribution in [0.15, 0.2) is 78.9 Å². The van der Waals surface area contributed by atoms with E-state index in [4.69, 9.17) is 14.2 Å². The lowest BCUT2D eigenvalue weighted by atomic mass is 9.98. The van der Waals surface area contributed by atoms with E-state index in [1.54, 1.807) is 14.2 Å². The Balaban J connectivity index is 1.77. The van der Waals surface area contributed by atoms with Crippen LogP contribution in [0.3, 0.4) is 0 Å². The van der Waals surface area contributed by atoms with Crippen molar-refractivity contribution in [2.75, 3.05) is 14.2 Å². The first-order valence-corrected chi connectivity index (χ1v) is 8.94. The van der Waals surface area contributed by atoms with Crippen molar-refractivity contribution in [3.8, 4) is 11.5 Å². The van der Waals surface area contributed by atoms with Crippen molar-refractivity contribution in [3.63, 3.8) is 0 Å². The molecule has 3 aromatic carbocycles. The van der Waals surface area contributed by atoms with E-state index in [2.05, 4.69) is 5.32 Å². The maximum Gasteiger partial charge on any atom is 0.408 e. The molecular weight excluding hydrogens is 354 g/mol. The molecule has 0 radical (unpaired) electrons. The zero-order valence-corrected chi connectivity index (χ0v) is 15.9. The zero-order valence-electron chi connectivity index (χ0n) is 15.9. The number of alkyl carbamates (subject to hydrolysis) is 1. The Labute approximate surface area is 164 Å². The van der Waals surface area contributed by atoms with Crippen LogP contribution in [0.5, 0.6) is 11.5 Å². The van der Waals surface area contributed by atoms with Gasteiger partial charge in [-0.2, -0.15) is 0 Å². The Morgan fingerprint density at radius 3 is 1.75 bits per heavy atom. The van der Waals surface area contributed by atoms with Crippen LogP contribution in [0, 0.1) is 0 Å². The fourth-order valence-electron chi connectivity index (χ4n) is 2.83. The molecule has 28 heavy (non-hydrogen) atoms. The summed E-state index contributed by atoms with van der Waals surface area (Å²) in [6, 6.07) is 24.4. The smallest absolute Gasteiger partial charge is 0.408 e. The number of ether oxygens (including phenoxy) is 3. The van der Waals surface area contributed by atoms with Crippen LogP contribution >= 0.6 is 0 Å². The van der Waals surface area contributed by atoms with Gasteiger partial charge in [-0.15, -0.1) is 0 Å². The minimum atomic E-state index is -0.486. The highest BCUT2D eigenvalue weighted by Gasteiger charge is 2.18. The lowest BCUT2D eigenvalue weighted by Crippen LogP contribution is -2.29. The molecule has 5 nitrogen and oxygen atoms in total. The third kappa shape index (κ3) is 5.04. The Morgan fingerprint density at radius 1 is 0.786 bits per heavy atom. The molecule has 0 heterocycles. The average molecular weight is 377 g/mol. The second kappa shape index (κ2) is 9.46. The number of benzene rings is 3. The van der Waals surface area contributed by atoms with Gasteiger partial charge in [0.15, 0.2) is 0 Å². The fourth-order valence-corrected chi connectivity index (χ4v) is 2.83. The summed E-state index contributed by atoms with van der Waals surface area (Å²) in [6.07, 6.45) is -0.486. The Bertz CT molecular complexity index is 829. The molecule has 0 aliphatic heterocycles. The second-order valence-corrected chi connectivity index (χ2v) is 6.19. The Hall–Kier alpha value is -3.47. The van der Waals surface area contributed by atoms with Crippen molar-refractivity contribution in [2.45, 2.75) is 12.6 Å². The monoisotopic (exact) mass is 377 g/mol. The molecule has 0 fully saturated rings. The number of methoxy groups -OCH3 is 2. The maximum absolute atomic E-state index is 12.4. The summed E-state index contributed by atoms with van der Waals surface area (Å²) in [5.41, 5.74) is 2.77. The maximum atomic E-state index is 12.4. The van der Waals surface area contributed by atoms with E-state index in [0.717, 1.165) is 28.2 Å². The van der Waals surface area contributed by atoms with Gasteiger partial charge in [-0.05, 0) is 41.0 Å². The Morgan fingerprint density at radius 2 is 1.29 bits per heavy atom. The third-order valence-electron chi connectivity index (χ3n) is 4.37. The van der Waals surface area contributed by atoms with Gasteiger partial charge in [-0.1, -0.05) is 54.6 Å². The molecule has 0 saturated heterocycles. The van der Waals surface area contributed by atoms with Gasteiger partial charge < -0.3 is 19.5 Å². The molecule has 3 rings (SSSR count). The zero-order chi connectivity index (χ0) is 19.8. The molecule has 0 aromatic heterocycles. The first-order chi connectivity index (χ1) is 13.7. The molecule has 0 atom stereocenters. The number of carbonyl (C=O) groups excluding carboxylic acids is 1. The predicted octanol–water partition coefficient (Wildman–Crippen LogP) is 4.72. The van der Waals surface area contributed by atoms with E-state index in [1.807, 2.05) is 78.9 Å². The lowest BCUT2D eigenvalue weighted by Gasteiger charge is -2.20. The van der Waals surface area contributed by atoms with Crippen molar-refractivity contribution in [2.24, 2.45) is 0 Å². The standard InChI is InChI=1S/C23H23NO4/c1-26-20-12-8-18(9-13-20)22(19-10-14-21(27-2)15-11-19)24-23(25)28-16-17-6-4-3-5-7-17/h3-15,22H,16H2,1-2H3,(H,24,25). The van der Waals surface area contributed by atoms with Crippen molar-refractivity contribution in [1.82, 2.24) is 5.32 Å². The van der Waals surface area contributed by atoms with Gasteiger partial charge in [-0.25, -0.2) is 4.79 Å². The van der Waals surface area contributed by atoms with E-state index in [9.17, 15) is 4.79 Å². The molecule has 144 valence electrons. The summed E-state index contributed by atoms with van der Waals surface area (Å²) < 4.78 is 15.8. The summed E-state index contributed by atoms with van der Waals surface area (Å²) >= 11 is 0. The van der Waals surface area contributed by atoms with Crippen LogP contribution in [0.25, 0.3) is 0 Å². The quantitative estimate of drug-likeness (QED) is 0.647. The number of amides is 1. The van der Waals surface area contributed by atoms with E-state index in [0.29, 0.717) is 0 Å². The first kappa shape index (κ1) is 19.3. The largest absolute Gasteiger partial charge is 0.497 e. The molecule has 1 amide bonds. The highest BCUT2D eigenvalue weighted by Crippen LogP contribution is 2.26. The summed E-state index contributed by atoms with van der Waals surface area (Å²) in [4.78, 5) is 12.4. The highest BCUT2D eigenvalue weighted by atomic mass is 16.5. The van der Waals surface area contributed by atoms with Crippen LogP contribution in [0.4, 0.5) is 4.79 Å². The number of rotatable bonds is 7. The molecule has 0 unspecified atom stereocenters. The SMILES string of the molecule is COc1ccc(C(NC(=O)OCc2ccccc2)c2ccc(OC)cc2)cc1. The Kier molecular flexibility index (Phi) is 6.52. The molecular formula is C23H23NO4. The number of hydrogen-bond acceptors (Lipinski definition) is 4. The molecule has 5 heteroatoms. The second-order valence-electron chi connectivity index (χ2n) is 6.19. The molecule has 0 saturated carbocycles. The summed E-state index contributed by atoms with van der Waals surface area (Å²) in [7, 11) is 3.24. The molecule has 0 spiro atoms. The third-order valence-corrected chi connectivity index (χ3v) is 4.37. The summed E-state index contributed by atoms with van der Waals surface area (Å²) in [5, 5.41) is 2.95. The predicted molar refractivity (Wildman–Crippen MR) is 108 cm³/mol. The van der Waals surface area contributed by atoms with Gasteiger partial charge >= 0.3 is 6.09 Å². The van der Waals surface area contributed by atoms with Crippen molar-refractivity contribution < 1.29 is 19.0 Å². The molecule has 1 N–H and O–H groups in total. The van der Waals surface area contributed by atoms with E-state index < -0.39 is 6.09 Å². The van der Waals surface area contributed by atoms with Crippen LogP contribution in [-0.4, -0.2) is 20.3 Å². The van der Waals surface area contributed by atoms with Gasteiger partial charge in [0, 0.05) is 0 Å². The van der Waals surface area contributed by atoms with E-state index >= 15 is 0 Å². The van der Waals surface area contributed by atoms with Gasteiger partial charge in [0.05, 0.1) is 20.3 Å². The van der Waals surface area contributed by atoms with Crippen LogP contribution in [0.1, 0.15) is 22.7 Å². The minimum absolute atomic E-state index is 0.213. The highest BCUT2D eigenvalue weighted by molar-refractivity contribution is 5.69. The minimum Gasteiger partial charge on any atom is -0.497 e. The summed E-state index contributed by atoms with van der Waals surface area (Å²) in [6.45, 7) is 0.213. The van der Waals surface area contributed by atoms with Crippen LogP contribution in [0.2, 0.25) is 0 Å². The van der Waals surface area contributed by atoms with Gasteiger partial charge in [0.2, 0.25) is 0 Å². The summed E-state index contributed by atoms with van der Waals surface area (Å²) in [5.74, 6) is 1.51. The number of hydrogen-bond donors (Lipinski definition) is 1. The van der Waals surface area contributed by atoms with Crippen molar-refractivity contribution in [1.29, 1.82) is 0 Å². The average Bonchev–Trinajstić information content (AvgIpc) is 2.77. The molecule has 3 aromatic rings. The normalized spacial score (nSPS) is 10.4. The molecule has 0 aliphatic rings. The van der Waals surface area contributed by atoms with Crippen molar-refractivity contribution >= 4 is 6.09 Å². The lowest BCUT2D eigenvalue weighted by molar-refractivity contribution is 0.137. The molecule has 0 aliphatic carbocycles. The van der Waals surface area contributed by atoms with Gasteiger partial charge in [0.1, 0.15) is 18.1 Å². The van der Waals surface area contributed by atoms with Gasteiger partial charge in [-0.3, -0.25) is 0 Å². The number of carbonyl (C=O) groups is 1. The fraction of sp³-hybridized carbons (Fsp3) is 0.174. The van der Waals surface area contributed by atoms with Crippen LogP contribution < -0.4 is 14.8 Å². The van der Waals surface area contributed by atoms with E-state index in [1.165, 1.54) is 0 Å². The van der Waals surface area contributed by atoms with Crippen LogP contribution in [-0.2, 0) is 11.3 Å². The first-order valence-electron chi connectivity index (χ1n) is 8.94. The van der Waals surface area contributed by atoms with E-state index in [-0.39, 0.29) is 12.6 Å². The van der Waals surface area contributed by atoms with Crippen molar-refractivity contribution in [3.05, 3.63) is 95.6 Å². The number of nitrogens with one attached hydrogen (secondary N) is 1. The van der Waals surface area contributed by atoms with Gasteiger partial charge in [0.25, 0.3) is 0 Å².